The quantitative estimate of drug-likeness (QED) is 0.908. The second kappa shape index (κ2) is 5.83. The molecule has 0 unspecified atom stereocenters. The molecule has 94 valence electrons. The van der Waals surface area contributed by atoms with Crippen molar-refractivity contribution in [2.24, 2.45) is 0 Å². The first-order valence-electron chi connectivity index (χ1n) is 6.13. The van der Waals surface area contributed by atoms with Gasteiger partial charge in [0.1, 0.15) is 0 Å². The summed E-state index contributed by atoms with van der Waals surface area (Å²) in [5.41, 5.74) is 2.96. The van der Waals surface area contributed by atoms with E-state index in [1.807, 2.05) is 30.3 Å². The number of hydrogen-bond donors (Lipinski definition) is 1. The summed E-state index contributed by atoms with van der Waals surface area (Å²) in [5, 5.41) is 11.6. The van der Waals surface area contributed by atoms with Gasteiger partial charge in [-0.1, -0.05) is 25.1 Å². The first-order valence-corrected chi connectivity index (χ1v) is 6.13. The lowest BCUT2D eigenvalue weighted by atomic mass is 10.1. The molecule has 0 aromatic heterocycles. The summed E-state index contributed by atoms with van der Waals surface area (Å²) in [4.78, 5) is 12.0. The van der Waals surface area contributed by atoms with Gasteiger partial charge in [-0.3, -0.25) is 4.79 Å². The minimum Gasteiger partial charge on any atom is -0.322 e. The molecular formula is C16H14N2O. The number of amides is 1. The third-order valence-electron chi connectivity index (χ3n) is 2.87. The topological polar surface area (TPSA) is 52.9 Å². The van der Waals surface area contributed by atoms with Gasteiger partial charge in [0.25, 0.3) is 5.91 Å². The summed E-state index contributed by atoms with van der Waals surface area (Å²) in [7, 11) is 0. The third-order valence-corrected chi connectivity index (χ3v) is 2.87. The summed E-state index contributed by atoms with van der Waals surface area (Å²) in [6.07, 6.45) is 0.951. The molecule has 2 aromatic carbocycles. The average Bonchev–Trinajstić information content (AvgIpc) is 2.47. The lowest BCUT2D eigenvalue weighted by Crippen LogP contribution is -2.11. The van der Waals surface area contributed by atoms with Gasteiger partial charge in [0, 0.05) is 11.3 Å². The van der Waals surface area contributed by atoms with E-state index >= 15 is 0 Å². The van der Waals surface area contributed by atoms with E-state index in [-0.39, 0.29) is 5.91 Å². The number of nitrogens with one attached hydrogen (secondary N) is 1. The maximum Gasteiger partial charge on any atom is 0.255 e. The predicted octanol–water partition coefficient (Wildman–Crippen LogP) is 3.37. The van der Waals surface area contributed by atoms with Crippen molar-refractivity contribution >= 4 is 11.6 Å². The van der Waals surface area contributed by atoms with Crippen molar-refractivity contribution in [3.05, 3.63) is 65.2 Å². The molecule has 2 aromatic rings. The van der Waals surface area contributed by atoms with Gasteiger partial charge < -0.3 is 5.32 Å². The van der Waals surface area contributed by atoms with Crippen LogP contribution in [0.2, 0.25) is 0 Å². The Morgan fingerprint density at radius 2 is 1.95 bits per heavy atom. The molecule has 0 aliphatic heterocycles. The van der Waals surface area contributed by atoms with Gasteiger partial charge in [-0.15, -0.1) is 0 Å². The fourth-order valence-electron chi connectivity index (χ4n) is 1.76. The maximum atomic E-state index is 12.0. The van der Waals surface area contributed by atoms with Crippen molar-refractivity contribution in [3.63, 3.8) is 0 Å². The lowest BCUT2D eigenvalue weighted by Gasteiger charge is -2.06. The molecule has 0 bridgehead atoms. The highest BCUT2D eigenvalue weighted by Gasteiger charge is 2.06. The van der Waals surface area contributed by atoms with Crippen LogP contribution in [0.5, 0.6) is 0 Å². The standard InChI is InChI=1S/C16H14N2O/c1-2-12-6-8-14(9-7-12)16(19)18-15-5-3-4-13(10-15)11-17/h3-10H,2H2,1H3,(H,18,19). The average molecular weight is 250 g/mol. The third kappa shape index (κ3) is 3.20. The van der Waals surface area contributed by atoms with E-state index in [1.165, 1.54) is 5.56 Å². The van der Waals surface area contributed by atoms with E-state index in [0.29, 0.717) is 16.8 Å². The van der Waals surface area contributed by atoms with Gasteiger partial charge >= 0.3 is 0 Å². The zero-order valence-electron chi connectivity index (χ0n) is 10.7. The van der Waals surface area contributed by atoms with Crippen molar-refractivity contribution < 1.29 is 4.79 Å². The summed E-state index contributed by atoms with van der Waals surface area (Å²) in [6.45, 7) is 2.07. The Labute approximate surface area is 112 Å². The van der Waals surface area contributed by atoms with Crippen LogP contribution in [-0.4, -0.2) is 5.91 Å². The monoisotopic (exact) mass is 250 g/mol. The van der Waals surface area contributed by atoms with Crippen LogP contribution >= 0.6 is 0 Å². The van der Waals surface area contributed by atoms with Crippen LogP contribution in [0.3, 0.4) is 0 Å². The number of nitrogens with zero attached hydrogens (tertiary/aromatic N) is 1. The van der Waals surface area contributed by atoms with E-state index in [9.17, 15) is 4.79 Å². The molecule has 0 aliphatic rings. The van der Waals surface area contributed by atoms with Crippen molar-refractivity contribution in [3.8, 4) is 6.07 Å². The molecule has 3 nitrogen and oxygen atoms in total. The Balaban J connectivity index is 2.13. The smallest absolute Gasteiger partial charge is 0.255 e. The number of aryl methyl sites for hydroxylation is 1. The highest BCUT2D eigenvalue weighted by molar-refractivity contribution is 6.04. The van der Waals surface area contributed by atoms with Gasteiger partial charge in [-0.25, -0.2) is 0 Å². The van der Waals surface area contributed by atoms with Gasteiger partial charge in [0.2, 0.25) is 0 Å². The zero-order valence-corrected chi connectivity index (χ0v) is 10.7. The summed E-state index contributed by atoms with van der Waals surface area (Å²) in [6, 6.07) is 16.4. The highest BCUT2D eigenvalue weighted by atomic mass is 16.1. The fourth-order valence-corrected chi connectivity index (χ4v) is 1.76. The molecule has 0 fully saturated rings. The highest BCUT2D eigenvalue weighted by Crippen LogP contribution is 2.12. The van der Waals surface area contributed by atoms with Crippen LogP contribution in [0.1, 0.15) is 28.4 Å². The summed E-state index contributed by atoms with van der Waals surface area (Å²) < 4.78 is 0. The van der Waals surface area contributed by atoms with E-state index in [4.69, 9.17) is 5.26 Å². The van der Waals surface area contributed by atoms with Gasteiger partial charge in [0.05, 0.1) is 11.6 Å². The number of carbonyl (C=O) groups is 1. The molecule has 0 saturated heterocycles. The van der Waals surface area contributed by atoms with E-state index < -0.39 is 0 Å². The van der Waals surface area contributed by atoms with Crippen LogP contribution in [0, 0.1) is 11.3 Å². The Bertz CT molecular complexity index is 624. The van der Waals surface area contributed by atoms with Crippen LogP contribution < -0.4 is 5.32 Å². The number of hydrogen-bond acceptors (Lipinski definition) is 2. The number of carbonyl (C=O) groups excluding carboxylic acids is 1. The molecule has 1 N–H and O–H groups in total. The van der Waals surface area contributed by atoms with Crippen molar-refractivity contribution in [1.29, 1.82) is 5.26 Å². The minimum atomic E-state index is -0.169. The molecule has 0 saturated carbocycles. The SMILES string of the molecule is CCc1ccc(C(=O)Nc2cccc(C#N)c2)cc1. The molecule has 1 amide bonds. The number of benzene rings is 2. The Kier molecular flexibility index (Phi) is 3.94. The number of nitriles is 1. The van der Waals surface area contributed by atoms with Crippen LogP contribution in [0.15, 0.2) is 48.5 Å². The number of rotatable bonds is 3. The summed E-state index contributed by atoms with van der Waals surface area (Å²) in [5.74, 6) is -0.169. The van der Waals surface area contributed by atoms with E-state index in [1.54, 1.807) is 24.3 Å². The van der Waals surface area contributed by atoms with Gasteiger partial charge in [0.15, 0.2) is 0 Å². The van der Waals surface area contributed by atoms with E-state index in [2.05, 4.69) is 12.2 Å². The molecule has 19 heavy (non-hydrogen) atoms. The van der Waals surface area contributed by atoms with Crippen LogP contribution in [-0.2, 0) is 6.42 Å². The van der Waals surface area contributed by atoms with E-state index in [0.717, 1.165) is 6.42 Å². The molecule has 3 heteroatoms. The largest absolute Gasteiger partial charge is 0.322 e. The van der Waals surface area contributed by atoms with Crippen molar-refractivity contribution in [1.82, 2.24) is 0 Å². The Morgan fingerprint density at radius 3 is 2.58 bits per heavy atom. The predicted molar refractivity (Wildman–Crippen MR) is 74.9 cm³/mol. The normalized spacial score (nSPS) is 9.68. The number of anilines is 1. The van der Waals surface area contributed by atoms with Crippen LogP contribution in [0.4, 0.5) is 5.69 Å². The molecule has 0 heterocycles. The zero-order chi connectivity index (χ0) is 13.7. The van der Waals surface area contributed by atoms with Crippen molar-refractivity contribution in [2.45, 2.75) is 13.3 Å². The van der Waals surface area contributed by atoms with Crippen molar-refractivity contribution in [2.75, 3.05) is 5.32 Å². The van der Waals surface area contributed by atoms with Gasteiger partial charge in [-0.2, -0.15) is 5.26 Å². The lowest BCUT2D eigenvalue weighted by molar-refractivity contribution is 0.102. The second-order valence-electron chi connectivity index (χ2n) is 4.20. The molecular weight excluding hydrogens is 236 g/mol. The van der Waals surface area contributed by atoms with Gasteiger partial charge in [-0.05, 0) is 42.3 Å². The first-order chi connectivity index (χ1) is 9.22. The Morgan fingerprint density at radius 1 is 1.21 bits per heavy atom. The summed E-state index contributed by atoms with van der Waals surface area (Å²) >= 11 is 0. The molecule has 2 rings (SSSR count). The molecule has 0 spiro atoms. The molecule has 0 radical (unpaired) electrons. The van der Waals surface area contributed by atoms with Crippen LogP contribution in [0.25, 0.3) is 0 Å². The fraction of sp³-hybridized carbons (Fsp3) is 0.125. The minimum absolute atomic E-state index is 0.169. The molecule has 0 atom stereocenters. The first kappa shape index (κ1) is 12.8. The second-order valence-corrected chi connectivity index (χ2v) is 4.20. The maximum absolute atomic E-state index is 12.0. The molecule has 0 aliphatic carbocycles. The Hall–Kier alpha value is -2.60.